The van der Waals surface area contributed by atoms with Crippen molar-refractivity contribution in [1.29, 1.82) is 0 Å². The molecule has 1 amide bonds. The van der Waals surface area contributed by atoms with Gasteiger partial charge in [-0.25, -0.2) is 9.78 Å². The Hall–Kier alpha value is -1.67. The van der Waals surface area contributed by atoms with Crippen LogP contribution in [0.3, 0.4) is 0 Å². The molecule has 0 spiro atoms. The SMILES string of the molecule is Cc1nc(NC[C@H]2CN(C(=O)OC(C)(C)C)CCO2)nnc1Cl. The molecule has 128 valence electrons. The smallest absolute Gasteiger partial charge is 0.410 e. The summed E-state index contributed by atoms with van der Waals surface area (Å²) in [5.41, 5.74) is 0.0906. The van der Waals surface area contributed by atoms with E-state index in [9.17, 15) is 4.79 Å². The van der Waals surface area contributed by atoms with Gasteiger partial charge >= 0.3 is 6.09 Å². The molecule has 1 aromatic rings. The first kappa shape index (κ1) is 17.7. The lowest BCUT2D eigenvalue weighted by molar-refractivity contribution is -0.0372. The Labute approximate surface area is 140 Å². The number of carbonyl (C=O) groups excluding carboxylic acids is 1. The van der Waals surface area contributed by atoms with Crippen LogP contribution in [0.2, 0.25) is 5.15 Å². The van der Waals surface area contributed by atoms with Gasteiger partial charge in [-0.15, -0.1) is 10.2 Å². The molecule has 1 saturated heterocycles. The van der Waals surface area contributed by atoms with Crippen LogP contribution in [0.15, 0.2) is 0 Å². The van der Waals surface area contributed by atoms with Gasteiger partial charge in [0, 0.05) is 13.1 Å². The lowest BCUT2D eigenvalue weighted by Crippen LogP contribution is -2.49. The number of nitrogens with one attached hydrogen (secondary N) is 1. The molecule has 8 nitrogen and oxygen atoms in total. The van der Waals surface area contributed by atoms with Crippen LogP contribution >= 0.6 is 11.6 Å². The fraction of sp³-hybridized carbons (Fsp3) is 0.714. The number of rotatable bonds is 3. The number of halogens is 1. The van der Waals surface area contributed by atoms with E-state index >= 15 is 0 Å². The first-order valence-electron chi connectivity index (χ1n) is 7.45. The molecule has 1 fully saturated rings. The summed E-state index contributed by atoms with van der Waals surface area (Å²) in [6.45, 7) is 9.17. The predicted molar refractivity (Wildman–Crippen MR) is 85.6 cm³/mol. The average molecular weight is 344 g/mol. The number of aryl methyl sites for hydroxylation is 1. The van der Waals surface area contributed by atoms with E-state index in [0.717, 1.165) is 0 Å². The van der Waals surface area contributed by atoms with E-state index in [-0.39, 0.29) is 17.4 Å². The molecule has 2 rings (SSSR count). The topological polar surface area (TPSA) is 89.5 Å². The first-order chi connectivity index (χ1) is 10.7. The number of anilines is 1. The summed E-state index contributed by atoms with van der Waals surface area (Å²) < 4.78 is 11.0. The minimum atomic E-state index is -0.510. The Balaban J connectivity index is 1.86. The largest absolute Gasteiger partial charge is 0.444 e. The number of hydrogen-bond acceptors (Lipinski definition) is 7. The molecule has 23 heavy (non-hydrogen) atoms. The van der Waals surface area contributed by atoms with Crippen molar-refractivity contribution in [2.75, 3.05) is 31.6 Å². The van der Waals surface area contributed by atoms with Crippen LogP contribution in [0.5, 0.6) is 0 Å². The second-order valence-electron chi connectivity index (χ2n) is 6.31. The van der Waals surface area contributed by atoms with Gasteiger partial charge in [0.2, 0.25) is 5.95 Å². The van der Waals surface area contributed by atoms with Crippen molar-refractivity contribution in [1.82, 2.24) is 20.1 Å². The molecule has 1 atom stereocenters. The summed E-state index contributed by atoms with van der Waals surface area (Å²) in [6, 6.07) is 0. The van der Waals surface area contributed by atoms with E-state index in [4.69, 9.17) is 21.1 Å². The summed E-state index contributed by atoms with van der Waals surface area (Å²) >= 11 is 5.79. The summed E-state index contributed by atoms with van der Waals surface area (Å²) in [5.74, 6) is 0.380. The first-order valence-corrected chi connectivity index (χ1v) is 7.82. The zero-order valence-corrected chi connectivity index (χ0v) is 14.6. The Morgan fingerprint density at radius 2 is 2.22 bits per heavy atom. The molecular weight excluding hydrogens is 322 g/mol. The van der Waals surface area contributed by atoms with Crippen molar-refractivity contribution in [2.45, 2.75) is 39.4 Å². The van der Waals surface area contributed by atoms with Gasteiger partial charge in [-0.1, -0.05) is 11.6 Å². The van der Waals surface area contributed by atoms with E-state index in [1.807, 2.05) is 20.8 Å². The number of aromatic nitrogens is 3. The number of morpholine rings is 1. The van der Waals surface area contributed by atoms with Crippen LogP contribution in [0.4, 0.5) is 10.7 Å². The minimum Gasteiger partial charge on any atom is -0.444 e. The van der Waals surface area contributed by atoms with E-state index < -0.39 is 5.60 Å². The van der Waals surface area contributed by atoms with Crippen LogP contribution in [0, 0.1) is 6.92 Å². The third kappa shape index (κ3) is 5.47. The van der Waals surface area contributed by atoms with Crippen molar-refractivity contribution in [3.8, 4) is 0 Å². The quantitative estimate of drug-likeness (QED) is 0.896. The number of ether oxygens (including phenoxy) is 2. The van der Waals surface area contributed by atoms with Gasteiger partial charge in [-0.3, -0.25) is 0 Å². The van der Waals surface area contributed by atoms with Crippen molar-refractivity contribution in [3.63, 3.8) is 0 Å². The third-order valence-corrected chi connectivity index (χ3v) is 3.43. The van der Waals surface area contributed by atoms with Gasteiger partial charge in [0.1, 0.15) is 5.60 Å². The van der Waals surface area contributed by atoms with E-state index in [0.29, 0.717) is 37.9 Å². The van der Waals surface area contributed by atoms with Gasteiger partial charge in [0.15, 0.2) is 5.15 Å². The summed E-state index contributed by atoms with van der Waals surface area (Å²) in [7, 11) is 0. The summed E-state index contributed by atoms with van der Waals surface area (Å²) in [4.78, 5) is 17.9. The number of nitrogens with zero attached hydrogens (tertiary/aromatic N) is 4. The Morgan fingerprint density at radius 1 is 1.48 bits per heavy atom. The van der Waals surface area contributed by atoms with Crippen molar-refractivity contribution in [3.05, 3.63) is 10.8 Å². The van der Waals surface area contributed by atoms with Gasteiger partial charge in [0.25, 0.3) is 0 Å². The summed E-state index contributed by atoms with van der Waals surface area (Å²) in [6.07, 6.45) is -0.498. The van der Waals surface area contributed by atoms with Gasteiger partial charge in [-0.2, -0.15) is 0 Å². The van der Waals surface area contributed by atoms with Gasteiger partial charge in [-0.05, 0) is 27.7 Å². The lowest BCUT2D eigenvalue weighted by atomic mass is 10.2. The van der Waals surface area contributed by atoms with Gasteiger partial charge < -0.3 is 19.7 Å². The van der Waals surface area contributed by atoms with Crippen LogP contribution in [-0.2, 0) is 9.47 Å². The van der Waals surface area contributed by atoms with Crippen LogP contribution in [0.1, 0.15) is 26.5 Å². The third-order valence-electron chi connectivity index (χ3n) is 3.08. The van der Waals surface area contributed by atoms with E-state index in [1.165, 1.54) is 0 Å². The second-order valence-corrected chi connectivity index (χ2v) is 6.67. The van der Waals surface area contributed by atoms with Crippen LogP contribution < -0.4 is 5.32 Å². The molecule has 1 aromatic heterocycles. The highest BCUT2D eigenvalue weighted by Gasteiger charge is 2.28. The zero-order chi connectivity index (χ0) is 17.0. The molecule has 0 radical (unpaired) electrons. The molecule has 1 N–H and O–H groups in total. The molecule has 0 saturated carbocycles. The highest BCUT2D eigenvalue weighted by atomic mass is 35.5. The zero-order valence-electron chi connectivity index (χ0n) is 13.8. The van der Waals surface area contributed by atoms with Crippen molar-refractivity contribution in [2.24, 2.45) is 0 Å². The van der Waals surface area contributed by atoms with Gasteiger partial charge in [0.05, 0.1) is 24.9 Å². The Bertz CT molecular complexity index is 564. The highest BCUT2D eigenvalue weighted by Crippen LogP contribution is 2.14. The molecule has 0 aliphatic carbocycles. The van der Waals surface area contributed by atoms with Crippen molar-refractivity contribution >= 4 is 23.6 Å². The van der Waals surface area contributed by atoms with E-state index in [2.05, 4.69) is 20.5 Å². The molecule has 0 unspecified atom stereocenters. The average Bonchev–Trinajstić information content (AvgIpc) is 2.47. The molecule has 9 heteroatoms. The standard InChI is InChI=1S/C14H22ClN5O3/c1-9-11(15)18-19-12(17-9)16-7-10-8-20(5-6-22-10)13(21)23-14(2,3)4/h10H,5-8H2,1-4H3,(H,16,17,19)/t10-/m0/s1. The second kappa shape index (κ2) is 7.27. The molecule has 2 heterocycles. The minimum absolute atomic E-state index is 0.171. The Morgan fingerprint density at radius 3 is 2.87 bits per heavy atom. The predicted octanol–water partition coefficient (Wildman–Crippen LogP) is 1.88. The molecule has 0 aromatic carbocycles. The fourth-order valence-electron chi connectivity index (χ4n) is 2.01. The number of amides is 1. The molecular formula is C14H22ClN5O3. The maximum absolute atomic E-state index is 12.1. The van der Waals surface area contributed by atoms with Crippen LogP contribution in [0.25, 0.3) is 0 Å². The molecule has 1 aliphatic rings. The monoisotopic (exact) mass is 343 g/mol. The summed E-state index contributed by atoms with van der Waals surface area (Å²) in [5, 5.41) is 11.0. The number of carbonyl (C=O) groups is 1. The molecule has 1 aliphatic heterocycles. The number of hydrogen-bond donors (Lipinski definition) is 1. The van der Waals surface area contributed by atoms with E-state index in [1.54, 1.807) is 11.8 Å². The van der Waals surface area contributed by atoms with Crippen LogP contribution in [-0.4, -0.2) is 64.1 Å². The maximum atomic E-state index is 12.1. The molecule has 0 bridgehead atoms. The maximum Gasteiger partial charge on any atom is 0.410 e. The highest BCUT2D eigenvalue weighted by molar-refractivity contribution is 6.29. The fourth-order valence-corrected chi connectivity index (χ4v) is 2.09. The van der Waals surface area contributed by atoms with Crippen molar-refractivity contribution < 1.29 is 14.3 Å². The lowest BCUT2D eigenvalue weighted by Gasteiger charge is -2.34. The Kier molecular flexibility index (Phi) is 5.59. The normalized spacial score (nSPS) is 18.7.